The van der Waals surface area contributed by atoms with Crippen LogP contribution in [0.4, 0.5) is 11.8 Å². The first-order valence-electron chi connectivity index (χ1n) is 14.2. The van der Waals surface area contributed by atoms with Crippen LogP contribution in [0.1, 0.15) is 42.3 Å². The Balaban J connectivity index is 1.33. The topological polar surface area (TPSA) is 96.6 Å². The number of benzene rings is 2. The van der Waals surface area contributed by atoms with Crippen molar-refractivity contribution in [2.24, 2.45) is 5.41 Å². The van der Waals surface area contributed by atoms with E-state index in [9.17, 15) is 4.79 Å². The van der Waals surface area contributed by atoms with Gasteiger partial charge in [-0.2, -0.15) is 4.98 Å². The average Bonchev–Trinajstić information content (AvgIpc) is 3.52. The Bertz CT molecular complexity index is 1540. The third-order valence-electron chi connectivity index (χ3n) is 8.94. The van der Waals surface area contributed by atoms with Crippen molar-refractivity contribution >= 4 is 28.6 Å². The van der Waals surface area contributed by atoms with Crippen LogP contribution in [0.25, 0.3) is 22.0 Å². The number of hydrogen-bond acceptors (Lipinski definition) is 8. The Kier molecular flexibility index (Phi) is 6.19. The van der Waals surface area contributed by atoms with Gasteiger partial charge in [0.2, 0.25) is 11.9 Å². The fourth-order valence-corrected chi connectivity index (χ4v) is 6.65. The summed E-state index contributed by atoms with van der Waals surface area (Å²) in [5, 5.41) is 8.21. The zero-order chi connectivity index (χ0) is 27.3. The lowest BCUT2D eigenvalue weighted by atomic mass is 9.77. The van der Waals surface area contributed by atoms with Crippen LogP contribution >= 0.6 is 0 Å². The molecule has 3 fully saturated rings. The Morgan fingerprint density at radius 2 is 1.82 bits per heavy atom. The first-order valence-corrected chi connectivity index (χ1v) is 14.2. The number of morpholine rings is 1. The molecular weight excluding hydrogens is 504 g/mol. The molecule has 2 aromatic heterocycles. The summed E-state index contributed by atoms with van der Waals surface area (Å²) >= 11 is 0. The minimum absolute atomic E-state index is 0.0374. The van der Waals surface area contributed by atoms with Crippen molar-refractivity contribution in [1.82, 2.24) is 20.4 Å². The van der Waals surface area contributed by atoms with Gasteiger partial charge in [-0.1, -0.05) is 41.6 Å². The molecule has 1 N–H and O–H groups in total. The monoisotopic (exact) mass is 538 g/mol. The first kappa shape index (κ1) is 25.0. The number of nitrogens with zero attached hydrogens (tertiary/aromatic N) is 5. The highest BCUT2D eigenvalue weighted by molar-refractivity contribution is 5.94. The fraction of sp³-hybridized carbons (Fsp3) is 0.419. The minimum Gasteiger partial charge on any atom is -0.377 e. The van der Waals surface area contributed by atoms with Crippen molar-refractivity contribution in [3.63, 3.8) is 0 Å². The molecule has 3 saturated heterocycles. The van der Waals surface area contributed by atoms with E-state index in [2.05, 4.69) is 62.7 Å². The van der Waals surface area contributed by atoms with E-state index in [1.807, 2.05) is 19.9 Å². The van der Waals surface area contributed by atoms with Gasteiger partial charge in [-0.15, -0.1) is 0 Å². The number of carbonyl (C=O) groups excluding carboxylic acids is 1. The molecule has 1 spiro atoms. The molecular formula is C31H34N6O3. The maximum Gasteiger partial charge on any atom is 0.227 e. The van der Waals surface area contributed by atoms with E-state index in [-0.39, 0.29) is 17.4 Å². The summed E-state index contributed by atoms with van der Waals surface area (Å²) in [7, 11) is 0. The van der Waals surface area contributed by atoms with Gasteiger partial charge in [0.05, 0.1) is 35.9 Å². The SMILES string of the molecule is Cc1noc(C)c1-c1ccc2nc(N3CCC4(CCNC4=O)CC3)nc(N3CCOC[C@@H]3c3ccccc3)c2c1. The second-order valence-electron chi connectivity index (χ2n) is 11.2. The molecule has 9 heteroatoms. The molecule has 40 heavy (non-hydrogen) atoms. The van der Waals surface area contributed by atoms with Crippen LogP contribution in [-0.2, 0) is 9.53 Å². The highest BCUT2D eigenvalue weighted by atomic mass is 16.5. The largest absolute Gasteiger partial charge is 0.377 e. The second kappa shape index (κ2) is 9.89. The maximum atomic E-state index is 12.6. The summed E-state index contributed by atoms with van der Waals surface area (Å²) in [4.78, 5) is 27.6. The standard InChI is InChI=1S/C31H34N6O3/c1-20-27(21(2)40-35-20)23-8-9-25-24(18-23)28(37-16-17-39-19-26(37)22-6-4-3-5-7-22)34-30(33-25)36-14-11-31(12-15-36)10-13-32-29(31)38/h3-9,18,26H,10-17,19H2,1-2H3,(H,32,38)/t26-/m1/s1. The molecule has 1 amide bonds. The van der Waals surface area contributed by atoms with Crippen LogP contribution in [0.5, 0.6) is 0 Å². The lowest BCUT2D eigenvalue weighted by Crippen LogP contribution is -2.45. The van der Waals surface area contributed by atoms with Crippen molar-refractivity contribution in [1.29, 1.82) is 0 Å². The van der Waals surface area contributed by atoms with E-state index in [4.69, 9.17) is 19.2 Å². The van der Waals surface area contributed by atoms with Crippen molar-refractivity contribution in [3.8, 4) is 11.1 Å². The zero-order valence-electron chi connectivity index (χ0n) is 23.0. The molecule has 2 aromatic carbocycles. The molecule has 9 nitrogen and oxygen atoms in total. The molecule has 1 atom stereocenters. The predicted molar refractivity (Wildman–Crippen MR) is 153 cm³/mol. The number of aryl methyl sites for hydroxylation is 2. The number of carbonyl (C=O) groups is 1. The van der Waals surface area contributed by atoms with Gasteiger partial charge in [-0.25, -0.2) is 4.98 Å². The number of rotatable bonds is 4. The molecule has 0 unspecified atom stereocenters. The van der Waals surface area contributed by atoms with E-state index in [1.165, 1.54) is 5.56 Å². The number of hydrogen-bond donors (Lipinski definition) is 1. The van der Waals surface area contributed by atoms with Crippen molar-refractivity contribution < 1.29 is 14.1 Å². The minimum atomic E-state index is -0.234. The summed E-state index contributed by atoms with van der Waals surface area (Å²) < 4.78 is 11.5. The van der Waals surface area contributed by atoms with E-state index in [0.717, 1.165) is 90.7 Å². The van der Waals surface area contributed by atoms with Crippen LogP contribution in [0, 0.1) is 19.3 Å². The predicted octanol–water partition coefficient (Wildman–Crippen LogP) is 4.59. The molecule has 7 rings (SSSR count). The second-order valence-corrected chi connectivity index (χ2v) is 11.2. The van der Waals surface area contributed by atoms with E-state index in [0.29, 0.717) is 13.2 Å². The molecule has 5 heterocycles. The fourth-order valence-electron chi connectivity index (χ4n) is 6.65. The molecule has 0 radical (unpaired) electrons. The summed E-state index contributed by atoms with van der Waals surface area (Å²) in [6.07, 6.45) is 2.57. The summed E-state index contributed by atoms with van der Waals surface area (Å²) in [6, 6.07) is 16.9. The molecule has 3 aliphatic heterocycles. The summed E-state index contributed by atoms with van der Waals surface area (Å²) in [6.45, 7) is 8.18. The van der Waals surface area contributed by atoms with Crippen LogP contribution in [0.15, 0.2) is 53.1 Å². The molecule has 0 aliphatic carbocycles. The molecule has 0 saturated carbocycles. The first-order chi connectivity index (χ1) is 19.5. The lowest BCUT2D eigenvalue weighted by molar-refractivity contribution is -0.128. The van der Waals surface area contributed by atoms with Gasteiger partial charge >= 0.3 is 0 Å². The van der Waals surface area contributed by atoms with E-state index < -0.39 is 0 Å². The van der Waals surface area contributed by atoms with Crippen LogP contribution < -0.4 is 15.1 Å². The number of fused-ring (bicyclic) bond motifs is 1. The van der Waals surface area contributed by atoms with Gasteiger partial charge in [0.1, 0.15) is 11.6 Å². The number of nitrogens with one attached hydrogen (secondary N) is 1. The maximum absolute atomic E-state index is 12.6. The highest BCUT2D eigenvalue weighted by Gasteiger charge is 2.44. The van der Waals surface area contributed by atoms with E-state index >= 15 is 0 Å². The van der Waals surface area contributed by atoms with Crippen LogP contribution in [0.3, 0.4) is 0 Å². The quantitative estimate of drug-likeness (QED) is 0.403. The number of amides is 1. The van der Waals surface area contributed by atoms with Crippen LogP contribution in [0.2, 0.25) is 0 Å². The third-order valence-corrected chi connectivity index (χ3v) is 8.94. The van der Waals surface area contributed by atoms with Gasteiger partial charge < -0.3 is 24.4 Å². The van der Waals surface area contributed by atoms with Gasteiger partial charge in [-0.3, -0.25) is 4.79 Å². The summed E-state index contributed by atoms with van der Waals surface area (Å²) in [5.41, 5.74) is 4.77. The normalized spacial score (nSPS) is 20.9. The third kappa shape index (κ3) is 4.20. The Morgan fingerprint density at radius 1 is 1.00 bits per heavy atom. The average molecular weight is 539 g/mol. The number of anilines is 2. The Labute approximate surface area is 233 Å². The van der Waals surface area contributed by atoms with Gasteiger partial charge in [0.25, 0.3) is 0 Å². The number of piperidine rings is 1. The number of ether oxygens (including phenoxy) is 1. The lowest BCUT2D eigenvalue weighted by Gasteiger charge is -2.39. The van der Waals surface area contributed by atoms with Gasteiger partial charge in [-0.05, 0) is 56.4 Å². The van der Waals surface area contributed by atoms with Gasteiger partial charge in [0, 0.05) is 37.1 Å². The number of aromatic nitrogens is 3. The van der Waals surface area contributed by atoms with Crippen molar-refractivity contribution in [3.05, 3.63) is 65.5 Å². The van der Waals surface area contributed by atoms with Crippen molar-refractivity contribution in [2.75, 3.05) is 49.2 Å². The Hall–Kier alpha value is -3.98. The highest BCUT2D eigenvalue weighted by Crippen LogP contribution is 2.41. The molecule has 3 aliphatic rings. The zero-order valence-corrected chi connectivity index (χ0v) is 23.0. The van der Waals surface area contributed by atoms with E-state index in [1.54, 1.807) is 0 Å². The Morgan fingerprint density at radius 3 is 2.55 bits per heavy atom. The van der Waals surface area contributed by atoms with Crippen LogP contribution in [-0.4, -0.2) is 60.4 Å². The van der Waals surface area contributed by atoms with Gasteiger partial charge in [0.15, 0.2) is 0 Å². The van der Waals surface area contributed by atoms with Crippen molar-refractivity contribution in [2.45, 2.75) is 39.2 Å². The molecule has 206 valence electrons. The smallest absolute Gasteiger partial charge is 0.227 e. The molecule has 0 bridgehead atoms. The summed E-state index contributed by atoms with van der Waals surface area (Å²) in [5.74, 6) is 2.63. The molecule has 4 aromatic rings.